The summed E-state index contributed by atoms with van der Waals surface area (Å²) in [4.78, 5) is 43.2. The molecule has 53 heavy (non-hydrogen) atoms. The summed E-state index contributed by atoms with van der Waals surface area (Å²) in [5, 5.41) is 15.3. The molecule has 4 aliphatic heterocycles. The lowest BCUT2D eigenvalue weighted by Gasteiger charge is -2.46. The number of para-hydroxylation sites is 1. The third kappa shape index (κ3) is 7.50. The summed E-state index contributed by atoms with van der Waals surface area (Å²) >= 11 is 0. The highest BCUT2D eigenvalue weighted by Gasteiger charge is 2.51. The van der Waals surface area contributed by atoms with Crippen LogP contribution >= 0.6 is 0 Å². The van der Waals surface area contributed by atoms with Gasteiger partial charge in [0.2, 0.25) is 11.8 Å². The number of nitrogens with zero attached hydrogens (tertiary/aromatic N) is 3. The number of carbonyl (C=O) groups excluding carboxylic acids is 3. The van der Waals surface area contributed by atoms with Gasteiger partial charge in [-0.2, -0.15) is 13.2 Å². The van der Waals surface area contributed by atoms with Crippen molar-refractivity contribution in [3.05, 3.63) is 95.6 Å². The number of aliphatic hydroxyl groups is 1. The highest BCUT2D eigenvalue weighted by molar-refractivity contribution is 5.98. The average Bonchev–Trinajstić information content (AvgIpc) is 3.78. The molecule has 3 N–H and O–H groups in total. The summed E-state index contributed by atoms with van der Waals surface area (Å²) in [6, 6.07) is 23.2. The number of piperidine rings is 1. The largest absolute Gasteiger partial charge is 0.471 e. The first kappa shape index (κ1) is 36.8. The van der Waals surface area contributed by atoms with Gasteiger partial charge in [0.15, 0.2) is 6.29 Å². The molecule has 0 aromatic heterocycles. The van der Waals surface area contributed by atoms with Crippen LogP contribution in [0, 0.1) is 5.92 Å². The summed E-state index contributed by atoms with van der Waals surface area (Å²) in [5.41, 5.74) is 3.17. The van der Waals surface area contributed by atoms with Gasteiger partial charge in [-0.1, -0.05) is 61.5 Å². The van der Waals surface area contributed by atoms with Gasteiger partial charge in [0, 0.05) is 49.0 Å². The van der Waals surface area contributed by atoms with E-state index in [1.54, 1.807) is 24.3 Å². The second-order valence-corrected chi connectivity index (χ2v) is 14.3. The highest BCUT2D eigenvalue weighted by atomic mass is 19.4. The van der Waals surface area contributed by atoms with Gasteiger partial charge in [-0.15, -0.1) is 0 Å². The smallest absolute Gasteiger partial charge is 0.392 e. The van der Waals surface area contributed by atoms with Crippen LogP contribution < -0.4 is 15.5 Å². The minimum absolute atomic E-state index is 0.0538. The van der Waals surface area contributed by atoms with Crippen molar-refractivity contribution in [2.45, 2.75) is 75.5 Å². The Hall–Kier alpha value is -4.50. The third-order valence-electron chi connectivity index (χ3n) is 11.2. The molecule has 3 aromatic rings. The van der Waals surface area contributed by atoms with E-state index in [4.69, 9.17) is 9.47 Å². The third-order valence-corrected chi connectivity index (χ3v) is 11.2. The average molecular weight is 736 g/mol. The van der Waals surface area contributed by atoms with Gasteiger partial charge in [0.25, 0.3) is 0 Å². The molecule has 0 radical (unpaired) electrons. The Morgan fingerprint density at radius 3 is 2.28 bits per heavy atom. The number of rotatable bonds is 8. The number of hydrogen-bond donors (Lipinski definition) is 3. The Kier molecular flexibility index (Phi) is 10.5. The topological polar surface area (TPSA) is 124 Å². The number of alkyl halides is 3. The van der Waals surface area contributed by atoms with Crippen LogP contribution in [0.25, 0.3) is 0 Å². The van der Waals surface area contributed by atoms with Crippen LogP contribution in [0.4, 0.5) is 24.5 Å². The standard InChI is InChI=1S/C39H44F3N5O6/c1-25-32(22-45-20-17-38(18-21-45)36(50)43-24-47(38)30-6-3-2-4-7-30)52-35(53-33(25)27-11-9-26(23-48)10-12-27)28-13-15-29(16-14-28)44-34(49)31-8-5-19-46(31)37(51)39(40,41)42/h2-4,6-7,9-16,25,31-33,35,48H,5,8,17-24H2,1H3,(H,43,50)(H,44,49)/t25-,31+,32+,33+,35+/m1/s1. The Morgan fingerprint density at radius 2 is 1.62 bits per heavy atom. The van der Waals surface area contributed by atoms with Crippen molar-refractivity contribution in [2.75, 3.05) is 43.1 Å². The number of carbonyl (C=O) groups is 3. The fourth-order valence-corrected chi connectivity index (χ4v) is 8.12. The number of benzene rings is 3. The van der Waals surface area contributed by atoms with Crippen molar-refractivity contribution in [1.82, 2.24) is 15.1 Å². The van der Waals surface area contributed by atoms with Gasteiger partial charge in [-0.25, -0.2) is 0 Å². The Labute approximate surface area is 306 Å². The predicted octanol–water partition coefficient (Wildman–Crippen LogP) is 4.89. The van der Waals surface area contributed by atoms with E-state index in [1.807, 2.05) is 54.6 Å². The van der Waals surface area contributed by atoms with Gasteiger partial charge < -0.3 is 39.9 Å². The first-order valence-corrected chi connectivity index (χ1v) is 18.1. The van der Waals surface area contributed by atoms with Gasteiger partial charge in [0.1, 0.15) is 11.6 Å². The van der Waals surface area contributed by atoms with Crippen LogP contribution in [-0.4, -0.2) is 89.3 Å². The van der Waals surface area contributed by atoms with E-state index in [2.05, 4.69) is 27.4 Å². The lowest BCUT2D eigenvalue weighted by Crippen LogP contribution is -2.57. The fraction of sp³-hybridized carbons (Fsp3) is 0.462. The number of likely N-dealkylation sites (tertiary alicyclic amines) is 2. The molecule has 0 unspecified atom stereocenters. The maximum absolute atomic E-state index is 13.2. The van der Waals surface area contributed by atoms with E-state index in [9.17, 15) is 32.7 Å². The first-order valence-electron chi connectivity index (χ1n) is 18.1. The molecule has 0 saturated carbocycles. The van der Waals surface area contributed by atoms with E-state index in [1.165, 1.54) is 0 Å². The second kappa shape index (κ2) is 15.1. The highest BCUT2D eigenvalue weighted by Crippen LogP contribution is 2.43. The zero-order chi connectivity index (χ0) is 37.3. The van der Waals surface area contributed by atoms with Crippen molar-refractivity contribution in [3.8, 4) is 0 Å². The lowest BCUT2D eigenvalue weighted by molar-refractivity contribution is -0.276. The quantitative estimate of drug-likeness (QED) is 0.299. The molecule has 4 heterocycles. The van der Waals surface area contributed by atoms with Crippen molar-refractivity contribution in [3.63, 3.8) is 0 Å². The number of aliphatic hydroxyl groups excluding tert-OH is 1. The van der Waals surface area contributed by atoms with Gasteiger partial charge in [0.05, 0.1) is 25.5 Å². The number of ether oxygens (including phenoxy) is 2. The van der Waals surface area contributed by atoms with E-state index >= 15 is 0 Å². The zero-order valence-corrected chi connectivity index (χ0v) is 29.4. The number of hydrogen-bond acceptors (Lipinski definition) is 8. The van der Waals surface area contributed by atoms with Crippen LogP contribution in [0.1, 0.15) is 61.7 Å². The molecule has 5 atom stereocenters. The Bertz CT molecular complexity index is 1770. The number of halogens is 3. The maximum Gasteiger partial charge on any atom is 0.471 e. The van der Waals surface area contributed by atoms with Crippen LogP contribution in [0.5, 0.6) is 0 Å². The van der Waals surface area contributed by atoms with Crippen LogP contribution in [0.3, 0.4) is 0 Å². The van der Waals surface area contributed by atoms with E-state index < -0.39 is 35.9 Å². The number of anilines is 2. The number of amides is 3. The normalized spacial score (nSPS) is 26.1. The van der Waals surface area contributed by atoms with Crippen molar-refractivity contribution in [1.29, 1.82) is 0 Å². The summed E-state index contributed by atoms with van der Waals surface area (Å²) in [5.74, 6) is -2.70. The van der Waals surface area contributed by atoms with Crippen molar-refractivity contribution >= 4 is 29.1 Å². The SMILES string of the molecule is C[C@@H]1[C@H](CN2CCC3(CC2)C(=O)NCN3c2ccccc2)O[C@H](c2ccc(NC(=O)[C@@H]3CCCN3C(=O)C(F)(F)F)cc2)O[C@@H]1c1ccc(CO)cc1. The molecule has 14 heteroatoms. The molecule has 0 aliphatic carbocycles. The van der Waals surface area contributed by atoms with E-state index in [0.717, 1.165) is 16.8 Å². The van der Waals surface area contributed by atoms with Crippen LogP contribution in [0.2, 0.25) is 0 Å². The van der Waals surface area contributed by atoms with Gasteiger partial charge in [-0.05, 0) is 61.1 Å². The lowest BCUT2D eigenvalue weighted by atomic mass is 9.84. The predicted molar refractivity (Wildman–Crippen MR) is 189 cm³/mol. The monoisotopic (exact) mass is 735 g/mol. The summed E-state index contributed by atoms with van der Waals surface area (Å²) < 4.78 is 52.6. The van der Waals surface area contributed by atoms with Crippen LogP contribution in [-0.2, 0) is 30.5 Å². The second-order valence-electron chi connectivity index (χ2n) is 14.3. The van der Waals surface area contributed by atoms with Gasteiger partial charge in [-0.3, -0.25) is 14.4 Å². The minimum Gasteiger partial charge on any atom is -0.392 e. The molecule has 4 saturated heterocycles. The van der Waals surface area contributed by atoms with Crippen LogP contribution in [0.15, 0.2) is 78.9 Å². The molecular formula is C39H44F3N5O6. The molecule has 7 rings (SSSR count). The van der Waals surface area contributed by atoms with E-state index in [0.29, 0.717) is 61.7 Å². The molecule has 3 aromatic carbocycles. The molecule has 0 bridgehead atoms. The molecule has 282 valence electrons. The Morgan fingerprint density at radius 1 is 0.943 bits per heavy atom. The van der Waals surface area contributed by atoms with Crippen molar-refractivity contribution in [2.24, 2.45) is 5.92 Å². The fourth-order valence-electron chi connectivity index (χ4n) is 8.12. The summed E-state index contributed by atoms with van der Waals surface area (Å²) in [7, 11) is 0. The minimum atomic E-state index is -5.05. The zero-order valence-electron chi connectivity index (χ0n) is 29.4. The Balaban J connectivity index is 1.05. The number of nitrogens with one attached hydrogen (secondary N) is 2. The van der Waals surface area contributed by atoms with Crippen molar-refractivity contribution < 1.29 is 42.1 Å². The molecule has 4 fully saturated rings. The molecule has 3 amide bonds. The molecular weight excluding hydrogens is 691 g/mol. The van der Waals surface area contributed by atoms with E-state index in [-0.39, 0.29) is 43.6 Å². The summed E-state index contributed by atoms with van der Waals surface area (Å²) in [6.07, 6.45) is -4.66. The molecule has 1 spiro atoms. The first-order chi connectivity index (χ1) is 25.5. The maximum atomic E-state index is 13.2. The summed E-state index contributed by atoms with van der Waals surface area (Å²) in [6.45, 7) is 4.37. The molecule has 4 aliphatic rings. The van der Waals surface area contributed by atoms with Gasteiger partial charge >= 0.3 is 12.1 Å². The molecule has 11 nitrogen and oxygen atoms in total.